The molecule has 0 aliphatic heterocycles. The zero-order valence-corrected chi connectivity index (χ0v) is 29.2. The summed E-state index contributed by atoms with van der Waals surface area (Å²) in [7, 11) is 0. The van der Waals surface area contributed by atoms with E-state index in [1.807, 2.05) is 47.4 Å². The van der Waals surface area contributed by atoms with Gasteiger partial charge in [-0.2, -0.15) is 0 Å². The van der Waals surface area contributed by atoms with Gasteiger partial charge in [-0.3, -0.25) is 0 Å². The van der Waals surface area contributed by atoms with Gasteiger partial charge in [0.15, 0.2) is 5.82 Å². The number of carbonyl (C=O) groups is 1. The van der Waals surface area contributed by atoms with Crippen molar-refractivity contribution in [2.75, 3.05) is 17.6 Å². The number of pyridine rings is 1. The van der Waals surface area contributed by atoms with Crippen molar-refractivity contribution in [1.29, 1.82) is 0 Å². The molecule has 2 aromatic heterocycles. The number of nitrogens with two attached hydrogens (primary N) is 1. The molecule has 48 heavy (non-hydrogen) atoms. The van der Waals surface area contributed by atoms with E-state index in [0.29, 0.717) is 25.5 Å². The van der Waals surface area contributed by atoms with Crippen molar-refractivity contribution in [2.24, 2.45) is 5.41 Å². The molecule has 5 aromatic rings. The number of ether oxygens (including phenoxy) is 1. The number of anilines is 2. The summed E-state index contributed by atoms with van der Waals surface area (Å²) in [6.45, 7) is 13.0. The Balaban J connectivity index is 1.18. The van der Waals surface area contributed by atoms with E-state index in [0.717, 1.165) is 76.7 Å². The van der Waals surface area contributed by atoms with Crippen LogP contribution in [-0.2, 0) is 30.9 Å². The van der Waals surface area contributed by atoms with Crippen LogP contribution in [0.3, 0.4) is 0 Å². The largest absolute Gasteiger partial charge is 0.445 e. The number of nitrogen functional groups attached to an aromatic ring is 1. The first-order valence-corrected chi connectivity index (χ1v) is 17.4. The van der Waals surface area contributed by atoms with Crippen LogP contribution in [0.15, 0.2) is 72.8 Å². The van der Waals surface area contributed by atoms with Gasteiger partial charge in [-0.25, -0.2) is 14.8 Å². The van der Waals surface area contributed by atoms with Gasteiger partial charge in [0, 0.05) is 42.7 Å². The van der Waals surface area contributed by atoms with Gasteiger partial charge in [0.05, 0.1) is 11.0 Å². The number of nitrogens with one attached hydrogen (secondary N) is 1. The van der Waals surface area contributed by atoms with Crippen molar-refractivity contribution in [3.8, 4) is 0 Å². The maximum Gasteiger partial charge on any atom is 0.410 e. The molecule has 0 unspecified atom stereocenters. The Kier molecular flexibility index (Phi) is 9.63. The van der Waals surface area contributed by atoms with Gasteiger partial charge in [-0.1, -0.05) is 81.3 Å². The summed E-state index contributed by atoms with van der Waals surface area (Å²) in [6.07, 6.45) is 6.22. The molecular weight excluding hydrogens is 596 g/mol. The molecule has 1 saturated carbocycles. The summed E-state index contributed by atoms with van der Waals surface area (Å²) >= 11 is 0. The van der Waals surface area contributed by atoms with Gasteiger partial charge >= 0.3 is 6.09 Å². The number of rotatable bonds is 12. The van der Waals surface area contributed by atoms with Crippen LogP contribution in [0.1, 0.15) is 89.2 Å². The second kappa shape index (κ2) is 13.9. The lowest BCUT2D eigenvalue weighted by Crippen LogP contribution is -2.43. The molecule has 1 aliphatic carbocycles. The summed E-state index contributed by atoms with van der Waals surface area (Å²) in [5.41, 5.74) is 13.5. The summed E-state index contributed by atoms with van der Waals surface area (Å²) in [5.74, 6) is 1.50. The Morgan fingerprint density at radius 1 is 0.979 bits per heavy atom. The molecule has 0 atom stereocenters. The first kappa shape index (κ1) is 33.3. The maximum atomic E-state index is 13.5. The van der Waals surface area contributed by atoms with Gasteiger partial charge in [0.1, 0.15) is 17.9 Å². The molecule has 8 heteroatoms. The number of hydrogen-bond donors (Lipinski definition) is 2. The quantitative estimate of drug-likeness (QED) is 0.140. The fourth-order valence-electron chi connectivity index (χ4n) is 6.69. The second-order valence-corrected chi connectivity index (χ2v) is 14.9. The predicted molar refractivity (Wildman–Crippen MR) is 196 cm³/mol. The van der Waals surface area contributed by atoms with E-state index in [-0.39, 0.29) is 23.7 Å². The number of unbranched alkanes of at least 4 members (excludes halogenated alkanes) is 1. The molecular formula is C40H50N6O2. The van der Waals surface area contributed by atoms with E-state index in [1.54, 1.807) is 0 Å². The number of nitrogens with zero attached hydrogens (tertiary/aromatic N) is 4. The molecule has 0 radical (unpaired) electrons. The first-order valence-electron chi connectivity index (χ1n) is 17.4. The van der Waals surface area contributed by atoms with Gasteiger partial charge in [0.25, 0.3) is 0 Å². The third-order valence-corrected chi connectivity index (χ3v) is 9.41. The molecule has 0 saturated heterocycles. The van der Waals surface area contributed by atoms with Crippen molar-refractivity contribution >= 4 is 39.5 Å². The highest BCUT2D eigenvalue weighted by Gasteiger charge is 2.35. The van der Waals surface area contributed by atoms with Crippen molar-refractivity contribution in [3.63, 3.8) is 0 Å². The minimum Gasteiger partial charge on any atom is -0.445 e. The highest BCUT2D eigenvalue weighted by Crippen LogP contribution is 2.41. The number of aryl methyl sites for hydroxylation is 1. The molecule has 0 bridgehead atoms. The third-order valence-electron chi connectivity index (χ3n) is 9.41. The minimum absolute atomic E-state index is 0.0169. The van der Waals surface area contributed by atoms with Crippen molar-refractivity contribution in [3.05, 3.63) is 95.3 Å². The van der Waals surface area contributed by atoms with Crippen LogP contribution in [-0.4, -0.2) is 37.6 Å². The van der Waals surface area contributed by atoms with E-state index in [9.17, 15) is 4.79 Å². The molecule has 1 fully saturated rings. The second-order valence-electron chi connectivity index (χ2n) is 14.9. The Morgan fingerprint density at radius 2 is 1.67 bits per heavy atom. The summed E-state index contributed by atoms with van der Waals surface area (Å²) in [5, 5.41) is 4.53. The number of aromatic nitrogens is 3. The van der Waals surface area contributed by atoms with E-state index in [2.05, 4.69) is 79.8 Å². The van der Waals surface area contributed by atoms with E-state index in [4.69, 9.17) is 15.5 Å². The lowest BCUT2D eigenvalue weighted by atomic mass is 9.70. The molecule has 252 valence electrons. The minimum atomic E-state index is -0.271. The van der Waals surface area contributed by atoms with Crippen LogP contribution in [0.5, 0.6) is 0 Å². The Morgan fingerprint density at radius 3 is 2.33 bits per heavy atom. The summed E-state index contributed by atoms with van der Waals surface area (Å²) < 4.78 is 8.20. The average molecular weight is 647 g/mol. The molecule has 3 N–H and O–H groups in total. The van der Waals surface area contributed by atoms with Gasteiger partial charge < -0.3 is 25.3 Å². The van der Waals surface area contributed by atoms with Crippen molar-refractivity contribution < 1.29 is 9.53 Å². The van der Waals surface area contributed by atoms with Crippen LogP contribution in [0.25, 0.3) is 21.9 Å². The number of amides is 1. The zero-order chi connectivity index (χ0) is 33.9. The maximum absolute atomic E-state index is 13.5. The number of hydrogen-bond acceptors (Lipinski definition) is 6. The molecule has 1 aliphatic rings. The standard InChI is InChI=1S/C40H50N6O2/c1-6-7-13-34-43-35-36(32-11-8-9-12-33(32)42-37(35)41)46(34)25-29-16-14-28(15-17-29)24-45(27-40(5)22-10-23-40)38(47)48-26-30-18-20-31(21-19-30)44-39(2,3)4/h8-9,11-12,14-21,44H,6-7,10,13,22-27H2,1-5H3,(H2,41,42). The Bertz CT molecular complexity index is 1870. The van der Waals surface area contributed by atoms with Gasteiger partial charge in [-0.15, -0.1) is 0 Å². The molecule has 3 aromatic carbocycles. The van der Waals surface area contributed by atoms with E-state index in [1.165, 1.54) is 12.0 Å². The van der Waals surface area contributed by atoms with Crippen LogP contribution >= 0.6 is 0 Å². The number of para-hydroxylation sites is 1. The predicted octanol–water partition coefficient (Wildman–Crippen LogP) is 9.10. The normalized spacial score (nSPS) is 14.2. The van der Waals surface area contributed by atoms with Crippen LogP contribution < -0.4 is 11.1 Å². The molecule has 1 amide bonds. The molecule has 2 heterocycles. The lowest BCUT2D eigenvalue weighted by molar-refractivity contribution is 0.0509. The van der Waals surface area contributed by atoms with Crippen LogP contribution in [0.2, 0.25) is 0 Å². The number of carbonyl (C=O) groups excluding carboxylic acids is 1. The number of fused-ring (bicyclic) bond motifs is 3. The fraction of sp³-hybridized carbons (Fsp3) is 0.425. The topological polar surface area (TPSA) is 98.3 Å². The lowest BCUT2D eigenvalue weighted by Gasteiger charge is -2.42. The molecule has 8 nitrogen and oxygen atoms in total. The molecule has 6 rings (SSSR count). The van der Waals surface area contributed by atoms with Crippen molar-refractivity contribution in [1.82, 2.24) is 19.4 Å². The third kappa shape index (κ3) is 7.75. The SMILES string of the molecule is CCCCc1nc2c(N)nc3ccccc3c2n1Cc1ccc(CN(CC2(C)CCC2)C(=O)OCc2ccc(NC(C)(C)C)cc2)cc1. The fourth-order valence-corrected chi connectivity index (χ4v) is 6.69. The zero-order valence-electron chi connectivity index (χ0n) is 29.2. The Hall–Kier alpha value is -4.59. The number of benzene rings is 3. The number of imidazole rings is 1. The average Bonchev–Trinajstić information content (AvgIpc) is 3.41. The summed E-state index contributed by atoms with van der Waals surface area (Å²) in [6, 6.07) is 24.9. The first-order chi connectivity index (χ1) is 23.0. The highest BCUT2D eigenvalue weighted by molar-refractivity contribution is 6.06. The van der Waals surface area contributed by atoms with E-state index < -0.39 is 0 Å². The smallest absolute Gasteiger partial charge is 0.410 e. The molecule has 0 spiro atoms. The van der Waals surface area contributed by atoms with Crippen LogP contribution in [0, 0.1) is 5.41 Å². The van der Waals surface area contributed by atoms with E-state index >= 15 is 0 Å². The van der Waals surface area contributed by atoms with Gasteiger partial charge in [0.2, 0.25) is 0 Å². The highest BCUT2D eigenvalue weighted by atomic mass is 16.6. The summed E-state index contributed by atoms with van der Waals surface area (Å²) in [4.78, 5) is 25.0. The monoisotopic (exact) mass is 646 g/mol. The Labute approximate surface area is 284 Å². The van der Waals surface area contributed by atoms with Gasteiger partial charge in [-0.05, 0) is 80.3 Å². The van der Waals surface area contributed by atoms with Crippen LogP contribution in [0.4, 0.5) is 16.3 Å². The van der Waals surface area contributed by atoms with Crippen molar-refractivity contribution in [2.45, 2.75) is 98.4 Å².